The highest BCUT2D eigenvalue weighted by molar-refractivity contribution is 7.89. The van der Waals surface area contributed by atoms with Crippen LogP contribution in [0.2, 0.25) is 0 Å². The zero-order valence-electron chi connectivity index (χ0n) is 18.6. The lowest BCUT2D eigenvalue weighted by Gasteiger charge is -2.43. The van der Waals surface area contributed by atoms with Crippen molar-refractivity contribution in [1.82, 2.24) is 9.21 Å². The van der Waals surface area contributed by atoms with Crippen LogP contribution >= 0.6 is 0 Å². The van der Waals surface area contributed by atoms with E-state index in [2.05, 4.69) is 5.32 Å². The molecule has 0 unspecified atom stereocenters. The highest BCUT2D eigenvalue weighted by Crippen LogP contribution is 2.35. The van der Waals surface area contributed by atoms with E-state index in [1.54, 1.807) is 72.7 Å². The second-order valence-corrected chi connectivity index (χ2v) is 9.81. The van der Waals surface area contributed by atoms with Crippen LogP contribution in [0.4, 0.5) is 10.5 Å². The summed E-state index contributed by atoms with van der Waals surface area (Å²) in [5.74, 6) is 0.655. The molecule has 0 aromatic heterocycles. The van der Waals surface area contributed by atoms with Crippen molar-refractivity contribution in [2.45, 2.75) is 24.4 Å². The van der Waals surface area contributed by atoms with E-state index >= 15 is 0 Å². The normalized spacial score (nSPS) is 16.9. The molecule has 1 heterocycles. The molecule has 3 aromatic rings. The van der Waals surface area contributed by atoms with E-state index in [4.69, 9.17) is 4.74 Å². The first-order chi connectivity index (χ1) is 15.9. The maximum atomic E-state index is 13.7. The van der Waals surface area contributed by atoms with Gasteiger partial charge in [0.05, 0.1) is 12.0 Å². The molecule has 1 N–H and O–H groups in total. The smallest absolute Gasteiger partial charge is 0.323 e. The van der Waals surface area contributed by atoms with E-state index in [1.165, 1.54) is 4.31 Å². The molecule has 0 bridgehead atoms. The van der Waals surface area contributed by atoms with Crippen molar-refractivity contribution in [3.63, 3.8) is 0 Å². The third kappa shape index (κ3) is 4.86. The molecule has 1 aliphatic rings. The fraction of sp³-hybridized carbons (Fsp3) is 0.240. The van der Waals surface area contributed by atoms with E-state index in [0.717, 1.165) is 5.56 Å². The number of benzene rings is 3. The second-order valence-electron chi connectivity index (χ2n) is 7.92. The van der Waals surface area contributed by atoms with Crippen molar-refractivity contribution < 1.29 is 17.9 Å². The summed E-state index contributed by atoms with van der Waals surface area (Å²) in [5, 5.41) is 2.89. The summed E-state index contributed by atoms with van der Waals surface area (Å²) in [7, 11) is -2.28. The molecule has 3 aromatic carbocycles. The number of sulfonamides is 1. The Kier molecular flexibility index (Phi) is 6.67. The molecule has 0 aliphatic carbocycles. The first kappa shape index (κ1) is 22.8. The Hall–Kier alpha value is -3.36. The summed E-state index contributed by atoms with van der Waals surface area (Å²) >= 11 is 0. The lowest BCUT2D eigenvalue weighted by Crippen LogP contribution is -2.53. The first-order valence-electron chi connectivity index (χ1n) is 10.8. The molecule has 2 amide bonds. The Balaban J connectivity index is 1.74. The van der Waals surface area contributed by atoms with E-state index < -0.39 is 16.2 Å². The van der Waals surface area contributed by atoms with Crippen LogP contribution in [0, 0.1) is 6.92 Å². The van der Waals surface area contributed by atoms with E-state index in [0.29, 0.717) is 36.5 Å². The Morgan fingerprint density at radius 1 is 0.939 bits per heavy atom. The van der Waals surface area contributed by atoms with Gasteiger partial charge in [0.1, 0.15) is 11.9 Å². The molecule has 33 heavy (non-hydrogen) atoms. The molecule has 0 spiro atoms. The van der Waals surface area contributed by atoms with Gasteiger partial charge in [0, 0.05) is 18.8 Å². The number of para-hydroxylation sites is 1. The molecule has 1 fully saturated rings. The summed E-state index contributed by atoms with van der Waals surface area (Å²) in [6.45, 7) is 2.64. The summed E-state index contributed by atoms with van der Waals surface area (Å²) in [5.41, 5.74) is 2.31. The van der Waals surface area contributed by atoms with E-state index in [1.807, 2.05) is 25.1 Å². The molecule has 0 radical (unpaired) electrons. The van der Waals surface area contributed by atoms with Gasteiger partial charge in [-0.05, 0) is 55.3 Å². The average molecular weight is 466 g/mol. The van der Waals surface area contributed by atoms with Crippen molar-refractivity contribution in [3.05, 3.63) is 90.0 Å². The number of hydrogen-bond acceptors (Lipinski definition) is 4. The van der Waals surface area contributed by atoms with Gasteiger partial charge in [0.2, 0.25) is 10.0 Å². The van der Waals surface area contributed by atoms with Gasteiger partial charge in [-0.3, -0.25) is 0 Å². The molecule has 1 atom stereocenters. The highest BCUT2D eigenvalue weighted by atomic mass is 32.2. The van der Waals surface area contributed by atoms with Crippen LogP contribution in [0.5, 0.6) is 5.75 Å². The lowest BCUT2D eigenvalue weighted by molar-refractivity contribution is 0.0924. The minimum Gasteiger partial charge on any atom is -0.497 e. The third-order valence-corrected chi connectivity index (χ3v) is 7.54. The quantitative estimate of drug-likeness (QED) is 0.596. The zero-order chi connectivity index (χ0) is 23.4. The Morgan fingerprint density at radius 2 is 1.61 bits per heavy atom. The summed E-state index contributed by atoms with van der Waals surface area (Å²) in [6.07, 6.45) is -0.264. The molecule has 4 rings (SSSR count). The number of carbonyl (C=O) groups excluding carboxylic acids is 1. The first-order valence-corrected chi connectivity index (χ1v) is 12.2. The summed E-state index contributed by atoms with van der Waals surface area (Å²) in [6, 6.07) is 22.7. The fourth-order valence-electron chi connectivity index (χ4n) is 3.95. The van der Waals surface area contributed by atoms with Crippen molar-refractivity contribution in [3.8, 4) is 5.75 Å². The minimum atomic E-state index is -3.85. The maximum Gasteiger partial charge on any atom is 0.323 e. The highest BCUT2D eigenvalue weighted by Gasteiger charge is 2.41. The number of anilines is 1. The number of nitrogens with one attached hydrogen (secondary N) is 1. The number of urea groups is 1. The fourth-order valence-corrected chi connectivity index (χ4v) is 5.56. The number of amides is 2. The van der Waals surface area contributed by atoms with Crippen molar-refractivity contribution in [2.24, 2.45) is 0 Å². The van der Waals surface area contributed by atoms with Crippen LogP contribution in [-0.4, -0.2) is 43.9 Å². The average Bonchev–Trinajstić information content (AvgIpc) is 2.84. The predicted molar refractivity (Wildman–Crippen MR) is 128 cm³/mol. The van der Waals surface area contributed by atoms with Gasteiger partial charge in [0.15, 0.2) is 0 Å². The van der Waals surface area contributed by atoms with Crippen LogP contribution in [0.25, 0.3) is 0 Å². The maximum absolute atomic E-state index is 13.7. The van der Waals surface area contributed by atoms with Crippen LogP contribution < -0.4 is 10.1 Å². The van der Waals surface area contributed by atoms with E-state index in [-0.39, 0.29) is 10.9 Å². The van der Waals surface area contributed by atoms with Gasteiger partial charge in [-0.25, -0.2) is 13.2 Å². The molecular weight excluding hydrogens is 438 g/mol. The van der Waals surface area contributed by atoms with Gasteiger partial charge in [0.25, 0.3) is 0 Å². The molecular formula is C25H27N3O4S. The molecule has 0 saturated carbocycles. The van der Waals surface area contributed by atoms with Crippen molar-refractivity contribution in [1.29, 1.82) is 0 Å². The van der Waals surface area contributed by atoms with E-state index in [9.17, 15) is 13.2 Å². The minimum absolute atomic E-state index is 0.205. The van der Waals surface area contributed by atoms with Gasteiger partial charge < -0.3 is 15.0 Å². The molecule has 8 heteroatoms. The summed E-state index contributed by atoms with van der Waals surface area (Å²) < 4.78 is 34.0. The van der Waals surface area contributed by atoms with Crippen LogP contribution in [0.1, 0.15) is 23.7 Å². The molecule has 1 aliphatic heterocycles. The monoisotopic (exact) mass is 465 g/mol. The van der Waals surface area contributed by atoms with Crippen molar-refractivity contribution in [2.75, 3.05) is 25.5 Å². The Bertz CT molecular complexity index is 1200. The third-order valence-electron chi connectivity index (χ3n) is 5.67. The number of methoxy groups -OCH3 is 1. The number of carbonyl (C=O) groups is 1. The summed E-state index contributed by atoms with van der Waals surface area (Å²) in [4.78, 5) is 15.1. The zero-order valence-corrected chi connectivity index (χ0v) is 19.5. The van der Waals surface area contributed by atoms with Crippen LogP contribution in [0.15, 0.2) is 83.8 Å². The predicted octanol–water partition coefficient (Wildman–Crippen LogP) is 4.63. The second kappa shape index (κ2) is 9.64. The molecule has 1 saturated heterocycles. The lowest BCUT2D eigenvalue weighted by atomic mass is 10.1. The molecule has 172 valence electrons. The number of rotatable bonds is 5. The topological polar surface area (TPSA) is 79.0 Å². The van der Waals surface area contributed by atoms with Gasteiger partial charge in [-0.1, -0.05) is 48.0 Å². The Labute approximate surface area is 194 Å². The van der Waals surface area contributed by atoms with Crippen molar-refractivity contribution >= 4 is 21.7 Å². The van der Waals surface area contributed by atoms with Gasteiger partial charge >= 0.3 is 6.03 Å². The number of ether oxygens (including phenoxy) is 1. The van der Waals surface area contributed by atoms with Crippen LogP contribution in [-0.2, 0) is 10.0 Å². The van der Waals surface area contributed by atoms with Gasteiger partial charge in [-0.15, -0.1) is 0 Å². The Morgan fingerprint density at radius 3 is 2.24 bits per heavy atom. The number of aryl methyl sites for hydroxylation is 1. The SMILES string of the molecule is COc1ccc([C@@H]2N(C(=O)Nc3ccccc3)CCCN2S(=O)(=O)c2ccc(C)cc2)cc1. The number of nitrogens with zero attached hydrogens (tertiary/aromatic N) is 2. The molecule has 7 nitrogen and oxygen atoms in total. The number of hydrogen-bond donors (Lipinski definition) is 1. The van der Waals surface area contributed by atoms with Crippen LogP contribution in [0.3, 0.4) is 0 Å². The largest absolute Gasteiger partial charge is 0.497 e. The standard InChI is InChI=1S/C25H27N3O4S/c1-19-9-15-23(16-10-19)33(30,31)28-18-6-17-27(25(29)26-21-7-4-3-5-8-21)24(28)20-11-13-22(32-2)14-12-20/h3-5,7-16,24H,6,17-18H2,1-2H3,(H,26,29)/t24-/m1/s1. The van der Waals surface area contributed by atoms with Gasteiger partial charge in [-0.2, -0.15) is 4.31 Å².